The zero-order valence-electron chi connectivity index (χ0n) is 45.0. The number of Topliss-reactive ketones (excluding diaryl/α,β-unsaturated/α-hetero) is 1. The number of rotatable bonds is 12. The van der Waals surface area contributed by atoms with Gasteiger partial charge in [-0.15, -0.1) is 0 Å². The second kappa shape index (κ2) is 19.8. The average Bonchev–Trinajstić information content (AvgIpc) is 3.32. The molecule has 0 bridgehead atoms. The normalized spacial score (nSPS) is 50.6. The highest BCUT2D eigenvalue weighted by molar-refractivity contribution is 5.84. The van der Waals surface area contributed by atoms with Crippen LogP contribution in [0.1, 0.15) is 146 Å². The van der Waals surface area contributed by atoms with Gasteiger partial charge < -0.3 is 53.3 Å². The summed E-state index contributed by atoms with van der Waals surface area (Å²) in [4.78, 5) is 27.8. The summed E-state index contributed by atoms with van der Waals surface area (Å²) in [6.45, 7) is 28.7. The van der Waals surface area contributed by atoms with Crippen LogP contribution in [0.25, 0.3) is 0 Å². The Balaban J connectivity index is 0.991. The van der Waals surface area contributed by atoms with E-state index in [-0.39, 0.29) is 75.5 Å². The maximum absolute atomic E-state index is 14.0. The number of carbonyl (C=O) groups excluding carboxylic acids is 2. The Hall–Kier alpha value is -2.10. The van der Waals surface area contributed by atoms with E-state index in [1.807, 2.05) is 44.2 Å². The second-order valence-corrected chi connectivity index (χ2v) is 26.2. The minimum absolute atomic E-state index is 0.000234. The van der Waals surface area contributed by atoms with Gasteiger partial charge in [0.25, 0.3) is 0 Å². The quantitative estimate of drug-likeness (QED) is 0.104. The molecule has 12 heteroatoms. The number of aliphatic hydroxyl groups excluding tert-OH is 3. The van der Waals surface area contributed by atoms with E-state index in [0.29, 0.717) is 32.0 Å². The monoisotopic (exact) mass is 990 g/mol. The third-order valence-electron chi connectivity index (χ3n) is 22.0. The lowest BCUT2D eigenvalue weighted by Crippen LogP contribution is -2.68. The highest BCUT2D eigenvalue weighted by atomic mass is 16.8. The number of aldehydes is 1. The molecule has 1 aromatic carbocycles. The number of aliphatic hydroxyl groups is 3. The summed E-state index contributed by atoms with van der Waals surface area (Å²) in [6, 6.07) is 9.97. The van der Waals surface area contributed by atoms with Crippen LogP contribution >= 0.6 is 0 Å². The smallest absolute Gasteiger partial charge is 0.187 e. The fourth-order valence-corrected chi connectivity index (χ4v) is 16.5. The first-order valence-corrected chi connectivity index (χ1v) is 27.5. The Morgan fingerprint density at radius 2 is 1.51 bits per heavy atom. The molecule has 71 heavy (non-hydrogen) atoms. The lowest BCUT2D eigenvalue weighted by Gasteiger charge is -2.71. The summed E-state index contributed by atoms with van der Waals surface area (Å²) in [5, 5.41) is 36.0. The fraction of sp³-hybridized carbons (Fsp3) is 0.814. The number of fused-ring (bicyclic) bond motifs is 7. The van der Waals surface area contributed by atoms with Crippen molar-refractivity contribution in [3.63, 3.8) is 0 Å². The van der Waals surface area contributed by atoms with Crippen LogP contribution in [0, 0.1) is 86.4 Å². The molecule has 3 heterocycles. The van der Waals surface area contributed by atoms with Gasteiger partial charge in [-0.2, -0.15) is 0 Å². The van der Waals surface area contributed by atoms with E-state index in [0.717, 1.165) is 56.8 Å². The zero-order valence-corrected chi connectivity index (χ0v) is 45.0. The maximum atomic E-state index is 14.0. The van der Waals surface area contributed by atoms with Crippen LogP contribution in [0.5, 0.6) is 0 Å². The van der Waals surface area contributed by atoms with Gasteiger partial charge in [0.15, 0.2) is 18.9 Å². The highest BCUT2D eigenvalue weighted by Gasteiger charge is 2.71. The molecule has 8 aliphatic rings. The lowest BCUT2D eigenvalue weighted by molar-refractivity contribution is -0.369. The van der Waals surface area contributed by atoms with E-state index >= 15 is 0 Å². The SMILES string of the molecule is CC(=O)[C@]12CCC(C)(C)CC1C1=CCC3C4(C)CC[C@H](O[C@@H]5O[CH][C@H](O)[C@H](O[C@@H]6OC[C@H](C)[C@H](C)C6C)C5O[C@@H]5OC(COCc6ccccc6)[C@H](C)[C@H](C)C5O)[C@](C)(C=O)[C@@H]4CCC3(C)C1(C)CC2O. The largest absolute Gasteiger partial charge is 0.392 e. The summed E-state index contributed by atoms with van der Waals surface area (Å²) >= 11 is 0. The maximum Gasteiger partial charge on any atom is 0.187 e. The molecule has 3 aliphatic heterocycles. The Labute approximate surface area is 425 Å². The van der Waals surface area contributed by atoms with Gasteiger partial charge in [0.2, 0.25) is 0 Å². The van der Waals surface area contributed by atoms with E-state index in [4.69, 9.17) is 33.2 Å². The molecule has 10 unspecified atom stereocenters. The predicted molar refractivity (Wildman–Crippen MR) is 268 cm³/mol. The minimum Gasteiger partial charge on any atom is -0.392 e. The molecule has 0 spiro atoms. The standard InChI is InChI=1S/C59H89O12/c1-33-28-66-51(37(5)34(33)2)70-49-42(62)30-67-53(50(49)71-52-48(64)36(4)35(3)43(68-52)31-65-29-39-16-14-13-15-17-39)69-47-21-22-55(9)44(56(47,10)32-60)20-23-57(11)45(55)19-18-40-41-26-54(7,8)24-25-59(41,38(6)61)46(63)27-58(40,57)12/h13-18,30,32-37,41-53,62-64H,19-29,31H2,1-12H3/t33-,34-,35+,36-,37?,41?,42-,43?,44+,45?,46?,47-,48?,49-,50?,51-,52-,53-,55?,56+,57?,58?,59+/m0/s1. The van der Waals surface area contributed by atoms with Crippen LogP contribution in [0.3, 0.4) is 0 Å². The van der Waals surface area contributed by atoms with Crippen molar-refractivity contribution in [2.75, 3.05) is 13.2 Å². The van der Waals surface area contributed by atoms with Gasteiger partial charge in [0, 0.05) is 5.92 Å². The van der Waals surface area contributed by atoms with Gasteiger partial charge in [-0.1, -0.05) is 118 Å². The van der Waals surface area contributed by atoms with Gasteiger partial charge in [0.1, 0.15) is 43.1 Å². The Morgan fingerprint density at radius 3 is 2.21 bits per heavy atom. The molecule has 3 N–H and O–H groups in total. The molecule has 1 aromatic rings. The van der Waals surface area contributed by atoms with Gasteiger partial charge in [0.05, 0.1) is 49.0 Å². The molecule has 0 amide bonds. The summed E-state index contributed by atoms with van der Waals surface area (Å²) < 4.78 is 46.3. The zero-order chi connectivity index (χ0) is 51.2. The summed E-state index contributed by atoms with van der Waals surface area (Å²) in [6.07, 6.45) is 1.59. The van der Waals surface area contributed by atoms with Crippen molar-refractivity contribution < 1.29 is 58.1 Å². The molecule has 9 rings (SSSR count). The van der Waals surface area contributed by atoms with E-state index in [1.54, 1.807) is 6.92 Å². The predicted octanol–water partition coefficient (Wildman–Crippen LogP) is 9.40. The first-order valence-electron chi connectivity index (χ1n) is 27.5. The third-order valence-corrected chi connectivity index (χ3v) is 22.0. The Kier molecular flexibility index (Phi) is 15.0. The van der Waals surface area contributed by atoms with E-state index in [2.05, 4.69) is 68.4 Å². The molecule has 4 saturated carbocycles. The van der Waals surface area contributed by atoms with Crippen LogP contribution < -0.4 is 0 Å². The van der Waals surface area contributed by atoms with Crippen molar-refractivity contribution in [1.82, 2.24) is 0 Å². The Bertz CT molecular complexity index is 2100. The third kappa shape index (κ3) is 8.91. The number of ketones is 1. The number of carbonyl (C=O) groups is 2. The fourth-order valence-electron chi connectivity index (χ4n) is 16.5. The van der Waals surface area contributed by atoms with Crippen LogP contribution in [-0.2, 0) is 49.4 Å². The summed E-state index contributed by atoms with van der Waals surface area (Å²) in [5.74, 6) is 0.635. The van der Waals surface area contributed by atoms with Crippen LogP contribution in [0.4, 0.5) is 0 Å². The lowest BCUT2D eigenvalue weighted by atomic mass is 9.33. The second-order valence-electron chi connectivity index (χ2n) is 26.2. The molecule has 12 nitrogen and oxygen atoms in total. The number of hydrogen-bond acceptors (Lipinski definition) is 12. The van der Waals surface area contributed by atoms with Crippen molar-refractivity contribution in [1.29, 1.82) is 0 Å². The first kappa shape index (κ1) is 53.7. The number of ether oxygens (including phenoxy) is 7. The number of hydrogen-bond donors (Lipinski definition) is 3. The number of benzene rings is 1. The topological polar surface area (TPSA) is 159 Å². The molecule has 5 aliphatic carbocycles. The van der Waals surface area contributed by atoms with Gasteiger partial charge in [-0.25, -0.2) is 0 Å². The van der Waals surface area contributed by atoms with E-state index < -0.39 is 72.4 Å². The number of allylic oxidation sites excluding steroid dienone is 2. The minimum atomic E-state index is -1.24. The van der Waals surface area contributed by atoms with Crippen LogP contribution in [0.15, 0.2) is 42.0 Å². The highest BCUT2D eigenvalue weighted by Crippen LogP contribution is 2.76. The molecular weight excluding hydrogens is 901 g/mol. The molecule has 0 aromatic heterocycles. The molecule has 23 atom stereocenters. The van der Waals surface area contributed by atoms with Crippen molar-refractivity contribution in [3.05, 3.63) is 54.2 Å². The van der Waals surface area contributed by atoms with Gasteiger partial charge in [-0.05, 0) is 133 Å². The van der Waals surface area contributed by atoms with Crippen LogP contribution in [0.2, 0.25) is 0 Å². The van der Waals surface area contributed by atoms with E-state index in [1.165, 1.54) is 12.2 Å². The van der Waals surface area contributed by atoms with Crippen LogP contribution in [-0.4, -0.2) is 102 Å². The van der Waals surface area contributed by atoms with Crippen molar-refractivity contribution in [2.24, 2.45) is 79.8 Å². The van der Waals surface area contributed by atoms with Crippen molar-refractivity contribution in [3.8, 4) is 0 Å². The van der Waals surface area contributed by atoms with Gasteiger partial charge >= 0.3 is 0 Å². The van der Waals surface area contributed by atoms with Crippen molar-refractivity contribution >= 4 is 12.1 Å². The molecule has 3 saturated heterocycles. The Morgan fingerprint density at radius 1 is 0.789 bits per heavy atom. The first-order chi connectivity index (χ1) is 33.5. The summed E-state index contributed by atoms with van der Waals surface area (Å²) in [5.41, 5.74) is 0.0843. The molecule has 7 fully saturated rings. The van der Waals surface area contributed by atoms with E-state index in [9.17, 15) is 24.9 Å². The average molecular weight is 990 g/mol. The van der Waals surface area contributed by atoms with Crippen molar-refractivity contribution in [2.45, 2.75) is 209 Å². The molecular formula is C59H89O12. The summed E-state index contributed by atoms with van der Waals surface area (Å²) in [7, 11) is 0. The van der Waals surface area contributed by atoms with Gasteiger partial charge in [-0.3, -0.25) is 4.79 Å². The molecule has 397 valence electrons. The molecule has 1 radical (unpaired) electrons.